The lowest BCUT2D eigenvalue weighted by Crippen LogP contribution is -2.09. The zero-order valence-electron chi connectivity index (χ0n) is 11.4. The summed E-state index contributed by atoms with van der Waals surface area (Å²) in [6.07, 6.45) is 3.39. The van der Waals surface area contributed by atoms with E-state index in [1.807, 2.05) is 23.8 Å². The molecule has 0 saturated carbocycles. The molecule has 3 rings (SSSR count). The number of carbonyl (C=O) groups is 1. The van der Waals surface area contributed by atoms with Crippen LogP contribution in [0.15, 0.2) is 28.9 Å². The summed E-state index contributed by atoms with van der Waals surface area (Å²) in [6, 6.07) is 3.88. The normalized spacial score (nSPS) is 11.0. The van der Waals surface area contributed by atoms with E-state index in [0.29, 0.717) is 28.8 Å². The zero-order chi connectivity index (χ0) is 14.8. The fraction of sp³-hybridized carbons (Fsp3) is 0.231. The molecule has 0 fully saturated rings. The third-order valence-corrected chi connectivity index (χ3v) is 4.26. The maximum absolute atomic E-state index is 12.0. The van der Waals surface area contributed by atoms with E-state index in [2.05, 4.69) is 15.1 Å². The molecule has 108 valence electrons. The first kappa shape index (κ1) is 14.0. The van der Waals surface area contributed by atoms with Gasteiger partial charge in [-0.1, -0.05) is 17.8 Å². The number of nitrogens with zero attached hydrogens (tertiary/aromatic N) is 4. The van der Waals surface area contributed by atoms with Gasteiger partial charge in [0.05, 0.1) is 11.5 Å². The van der Waals surface area contributed by atoms with Gasteiger partial charge in [0.2, 0.25) is 0 Å². The van der Waals surface area contributed by atoms with Crippen molar-refractivity contribution < 1.29 is 9.53 Å². The second kappa shape index (κ2) is 5.82. The molecule has 0 saturated heterocycles. The summed E-state index contributed by atoms with van der Waals surface area (Å²) < 4.78 is 6.63. The fourth-order valence-electron chi connectivity index (χ4n) is 1.85. The van der Waals surface area contributed by atoms with Crippen LogP contribution in [0.2, 0.25) is 0 Å². The predicted octanol–water partition coefficient (Wildman–Crippen LogP) is 2.75. The van der Waals surface area contributed by atoms with Gasteiger partial charge in [0.1, 0.15) is 5.56 Å². The van der Waals surface area contributed by atoms with E-state index in [-0.39, 0.29) is 0 Å². The van der Waals surface area contributed by atoms with Crippen LogP contribution in [0.25, 0.3) is 16.3 Å². The molecule has 3 heterocycles. The van der Waals surface area contributed by atoms with E-state index in [9.17, 15) is 4.79 Å². The van der Waals surface area contributed by atoms with Gasteiger partial charge in [0, 0.05) is 6.20 Å². The molecule has 3 aromatic heterocycles. The maximum atomic E-state index is 12.0. The Morgan fingerprint density at radius 1 is 1.52 bits per heavy atom. The molecular formula is C13H12N4O2S2. The number of fused-ring (bicyclic) bond motifs is 1. The quantitative estimate of drug-likeness (QED) is 0.418. The molecule has 3 aromatic rings. The zero-order valence-corrected chi connectivity index (χ0v) is 13.1. The number of rotatable bonds is 4. The highest BCUT2D eigenvalue weighted by Gasteiger charge is 2.19. The standard InChI is InChI=1S/C13H12N4O2S2/c1-3-19-12(18)8-7-14-13(20-2)17-11(8)15-10(16-17)9-5-4-6-21-9/h4-7H,3H2,1-2H3. The van der Waals surface area contributed by atoms with Crippen molar-refractivity contribution in [3.63, 3.8) is 0 Å². The summed E-state index contributed by atoms with van der Waals surface area (Å²) in [5.41, 5.74) is 0.793. The Bertz CT molecular complexity index is 783. The number of ether oxygens (including phenoxy) is 1. The van der Waals surface area contributed by atoms with Crippen LogP contribution >= 0.6 is 23.1 Å². The number of aromatic nitrogens is 4. The van der Waals surface area contributed by atoms with Gasteiger partial charge in [0.25, 0.3) is 0 Å². The van der Waals surface area contributed by atoms with Crippen molar-refractivity contribution in [2.24, 2.45) is 0 Å². The van der Waals surface area contributed by atoms with Gasteiger partial charge >= 0.3 is 5.97 Å². The molecule has 0 amide bonds. The summed E-state index contributed by atoms with van der Waals surface area (Å²) in [5, 5.41) is 7.09. The van der Waals surface area contributed by atoms with Crippen molar-refractivity contribution in [1.82, 2.24) is 19.6 Å². The number of thioether (sulfide) groups is 1. The number of esters is 1. The second-order valence-electron chi connectivity index (χ2n) is 4.03. The molecule has 0 bridgehead atoms. The average Bonchev–Trinajstić information content (AvgIpc) is 3.14. The predicted molar refractivity (Wildman–Crippen MR) is 81.8 cm³/mol. The number of hydrogen-bond donors (Lipinski definition) is 0. The first-order valence-electron chi connectivity index (χ1n) is 6.25. The summed E-state index contributed by atoms with van der Waals surface area (Å²) >= 11 is 2.99. The Morgan fingerprint density at radius 3 is 3.05 bits per heavy atom. The van der Waals surface area contributed by atoms with E-state index in [0.717, 1.165) is 4.88 Å². The minimum atomic E-state index is -0.437. The summed E-state index contributed by atoms with van der Waals surface area (Å²) in [4.78, 5) is 21.7. The minimum Gasteiger partial charge on any atom is -0.462 e. The Kier molecular flexibility index (Phi) is 3.89. The molecule has 0 spiro atoms. The highest BCUT2D eigenvalue weighted by Crippen LogP contribution is 2.24. The van der Waals surface area contributed by atoms with Crippen LogP contribution in [-0.4, -0.2) is 38.4 Å². The Morgan fingerprint density at radius 2 is 2.38 bits per heavy atom. The van der Waals surface area contributed by atoms with Gasteiger partial charge in [-0.2, -0.15) is 4.52 Å². The van der Waals surface area contributed by atoms with Crippen molar-refractivity contribution in [2.45, 2.75) is 12.1 Å². The van der Waals surface area contributed by atoms with Gasteiger partial charge in [-0.3, -0.25) is 0 Å². The van der Waals surface area contributed by atoms with Crippen LogP contribution in [0.3, 0.4) is 0 Å². The van der Waals surface area contributed by atoms with Crippen LogP contribution in [0.4, 0.5) is 0 Å². The van der Waals surface area contributed by atoms with Gasteiger partial charge in [-0.25, -0.2) is 14.8 Å². The van der Waals surface area contributed by atoms with E-state index in [1.54, 1.807) is 22.8 Å². The highest BCUT2D eigenvalue weighted by molar-refractivity contribution is 7.98. The molecule has 0 radical (unpaired) electrons. The highest BCUT2D eigenvalue weighted by atomic mass is 32.2. The van der Waals surface area contributed by atoms with Crippen molar-refractivity contribution in [3.05, 3.63) is 29.3 Å². The smallest absolute Gasteiger partial charge is 0.343 e. The molecule has 0 aliphatic heterocycles. The molecular weight excluding hydrogens is 308 g/mol. The molecule has 6 nitrogen and oxygen atoms in total. The maximum Gasteiger partial charge on any atom is 0.343 e. The Labute approximate surface area is 129 Å². The largest absolute Gasteiger partial charge is 0.462 e. The summed E-state index contributed by atoms with van der Waals surface area (Å²) in [5.74, 6) is 0.145. The van der Waals surface area contributed by atoms with Gasteiger partial charge in [-0.05, 0) is 24.6 Å². The SMILES string of the molecule is CCOC(=O)c1cnc(SC)n2nc(-c3cccs3)nc12. The topological polar surface area (TPSA) is 69.4 Å². The van der Waals surface area contributed by atoms with Gasteiger partial charge in [0.15, 0.2) is 16.6 Å². The van der Waals surface area contributed by atoms with E-state index in [1.165, 1.54) is 18.0 Å². The number of thiophene rings is 1. The number of hydrogen-bond acceptors (Lipinski definition) is 7. The Balaban J connectivity index is 2.20. The fourth-order valence-corrected chi connectivity index (χ4v) is 2.97. The second-order valence-corrected chi connectivity index (χ2v) is 5.75. The van der Waals surface area contributed by atoms with Crippen molar-refractivity contribution in [2.75, 3.05) is 12.9 Å². The lowest BCUT2D eigenvalue weighted by Gasteiger charge is -2.04. The number of carbonyl (C=O) groups excluding carboxylic acids is 1. The first-order chi connectivity index (χ1) is 10.2. The molecule has 0 unspecified atom stereocenters. The molecule has 0 aliphatic rings. The lowest BCUT2D eigenvalue weighted by atomic mass is 10.3. The van der Waals surface area contributed by atoms with Crippen LogP contribution in [0, 0.1) is 0 Å². The first-order valence-corrected chi connectivity index (χ1v) is 8.35. The lowest BCUT2D eigenvalue weighted by molar-refractivity contribution is 0.0527. The summed E-state index contributed by atoms with van der Waals surface area (Å²) in [6.45, 7) is 2.07. The molecule has 8 heteroatoms. The third-order valence-electron chi connectivity index (χ3n) is 2.75. The van der Waals surface area contributed by atoms with Crippen LogP contribution in [-0.2, 0) is 4.74 Å². The van der Waals surface area contributed by atoms with E-state index < -0.39 is 5.97 Å². The summed E-state index contributed by atoms with van der Waals surface area (Å²) in [7, 11) is 0. The van der Waals surface area contributed by atoms with Crippen LogP contribution in [0.5, 0.6) is 0 Å². The Hall–Kier alpha value is -1.93. The van der Waals surface area contributed by atoms with E-state index in [4.69, 9.17) is 4.74 Å². The van der Waals surface area contributed by atoms with Crippen molar-refractivity contribution in [1.29, 1.82) is 0 Å². The van der Waals surface area contributed by atoms with Gasteiger partial charge in [-0.15, -0.1) is 16.4 Å². The van der Waals surface area contributed by atoms with Gasteiger partial charge < -0.3 is 4.74 Å². The molecule has 0 atom stereocenters. The molecule has 21 heavy (non-hydrogen) atoms. The molecule has 0 aromatic carbocycles. The minimum absolute atomic E-state index is 0.307. The van der Waals surface area contributed by atoms with Crippen molar-refractivity contribution >= 4 is 34.7 Å². The van der Waals surface area contributed by atoms with E-state index >= 15 is 0 Å². The monoisotopic (exact) mass is 320 g/mol. The molecule has 0 N–H and O–H groups in total. The average molecular weight is 320 g/mol. The molecule has 0 aliphatic carbocycles. The van der Waals surface area contributed by atoms with Crippen molar-refractivity contribution in [3.8, 4) is 10.7 Å². The van der Waals surface area contributed by atoms with Crippen LogP contribution < -0.4 is 0 Å². The third kappa shape index (κ3) is 2.52. The van der Waals surface area contributed by atoms with Crippen LogP contribution in [0.1, 0.15) is 17.3 Å².